The SMILES string of the molecule is COC(=O)N(C)C(=O)NC[C]=O. The first-order chi connectivity index (χ1) is 5.63. The molecule has 0 fully saturated rings. The molecule has 3 amide bonds. The third kappa shape index (κ3) is 3.00. The second-order valence-electron chi connectivity index (χ2n) is 1.83. The maximum absolute atomic E-state index is 10.8. The molecule has 0 saturated heterocycles. The van der Waals surface area contributed by atoms with Crippen LogP contribution in [0.15, 0.2) is 0 Å². The van der Waals surface area contributed by atoms with Gasteiger partial charge < -0.3 is 10.1 Å². The van der Waals surface area contributed by atoms with Crippen LogP contribution in [-0.4, -0.2) is 44.0 Å². The molecule has 0 aliphatic carbocycles. The number of carbonyl (C=O) groups excluding carboxylic acids is 3. The number of methoxy groups -OCH3 is 1. The Morgan fingerprint density at radius 3 is 2.58 bits per heavy atom. The monoisotopic (exact) mass is 173 g/mol. The zero-order valence-electron chi connectivity index (χ0n) is 6.79. The van der Waals surface area contributed by atoms with E-state index in [2.05, 4.69) is 10.1 Å². The van der Waals surface area contributed by atoms with E-state index in [1.54, 1.807) is 0 Å². The van der Waals surface area contributed by atoms with Crippen molar-refractivity contribution >= 4 is 18.4 Å². The smallest absolute Gasteiger partial charge is 0.417 e. The minimum Gasteiger partial charge on any atom is -0.452 e. The average Bonchev–Trinajstić information content (AvgIpc) is 2.11. The number of nitrogens with one attached hydrogen (secondary N) is 1. The molecule has 1 N–H and O–H groups in total. The summed E-state index contributed by atoms with van der Waals surface area (Å²) < 4.78 is 4.24. The highest BCUT2D eigenvalue weighted by atomic mass is 16.5. The quantitative estimate of drug-likeness (QED) is 0.611. The van der Waals surface area contributed by atoms with Crippen molar-refractivity contribution in [3.8, 4) is 0 Å². The highest BCUT2D eigenvalue weighted by Gasteiger charge is 2.15. The molecule has 0 aliphatic heterocycles. The van der Waals surface area contributed by atoms with Gasteiger partial charge in [-0.3, -0.25) is 4.79 Å². The lowest BCUT2D eigenvalue weighted by atomic mass is 10.7. The fourth-order valence-corrected chi connectivity index (χ4v) is 0.450. The molecule has 0 saturated carbocycles. The molecule has 1 radical (unpaired) electrons. The minimum absolute atomic E-state index is 0.250. The number of hydrogen-bond acceptors (Lipinski definition) is 4. The van der Waals surface area contributed by atoms with E-state index in [1.807, 2.05) is 0 Å². The van der Waals surface area contributed by atoms with Crippen LogP contribution in [0, 0.1) is 0 Å². The lowest BCUT2D eigenvalue weighted by Gasteiger charge is -2.12. The van der Waals surface area contributed by atoms with Crippen molar-refractivity contribution in [1.29, 1.82) is 0 Å². The van der Waals surface area contributed by atoms with Gasteiger partial charge in [-0.2, -0.15) is 0 Å². The second-order valence-corrected chi connectivity index (χ2v) is 1.83. The van der Waals surface area contributed by atoms with Gasteiger partial charge in [0, 0.05) is 7.05 Å². The van der Waals surface area contributed by atoms with Crippen LogP contribution in [0.25, 0.3) is 0 Å². The number of ether oxygens (including phenoxy) is 1. The molecule has 0 spiro atoms. The van der Waals surface area contributed by atoms with Gasteiger partial charge in [-0.05, 0) is 0 Å². The summed E-state index contributed by atoms with van der Waals surface area (Å²) in [5.74, 6) is 0. The molecule has 0 aromatic rings. The van der Waals surface area contributed by atoms with Crippen molar-refractivity contribution in [1.82, 2.24) is 10.2 Å². The summed E-state index contributed by atoms with van der Waals surface area (Å²) in [6, 6.07) is -0.704. The first kappa shape index (κ1) is 10.4. The fourth-order valence-electron chi connectivity index (χ4n) is 0.450. The molecule has 6 heteroatoms. The van der Waals surface area contributed by atoms with Gasteiger partial charge in [0.25, 0.3) is 0 Å². The number of carbonyl (C=O) groups is 2. The van der Waals surface area contributed by atoms with Crippen LogP contribution < -0.4 is 5.32 Å². The summed E-state index contributed by atoms with van der Waals surface area (Å²) in [6.07, 6.45) is 0.657. The molecule has 0 bridgehead atoms. The molecule has 12 heavy (non-hydrogen) atoms. The summed E-state index contributed by atoms with van der Waals surface area (Å²) in [6.45, 7) is -0.250. The topological polar surface area (TPSA) is 75.7 Å². The maximum atomic E-state index is 10.8. The lowest BCUT2D eigenvalue weighted by molar-refractivity contribution is 0.137. The largest absolute Gasteiger partial charge is 0.452 e. The van der Waals surface area contributed by atoms with Crippen molar-refractivity contribution in [3.05, 3.63) is 0 Å². The Hall–Kier alpha value is -1.59. The van der Waals surface area contributed by atoms with Crippen LogP contribution in [0.5, 0.6) is 0 Å². The average molecular weight is 173 g/mol. The number of amides is 3. The predicted octanol–water partition coefficient (Wildman–Crippen LogP) is -0.496. The van der Waals surface area contributed by atoms with Gasteiger partial charge >= 0.3 is 12.1 Å². The zero-order chi connectivity index (χ0) is 9.56. The van der Waals surface area contributed by atoms with Crippen LogP contribution in [0.2, 0.25) is 0 Å². The zero-order valence-corrected chi connectivity index (χ0v) is 6.79. The third-order valence-electron chi connectivity index (χ3n) is 1.06. The van der Waals surface area contributed by atoms with Crippen LogP contribution in [-0.2, 0) is 9.53 Å². The number of rotatable bonds is 2. The first-order valence-electron chi connectivity index (χ1n) is 3.08. The van der Waals surface area contributed by atoms with Crippen LogP contribution in [0.1, 0.15) is 0 Å². The van der Waals surface area contributed by atoms with Crippen molar-refractivity contribution < 1.29 is 19.1 Å². The minimum atomic E-state index is -0.793. The Kier molecular flexibility index (Phi) is 4.43. The molecule has 0 atom stereocenters. The molecule has 0 unspecified atom stereocenters. The molecule has 0 aliphatic rings. The fraction of sp³-hybridized carbons (Fsp3) is 0.500. The van der Waals surface area contributed by atoms with Crippen molar-refractivity contribution in [2.75, 3.05) is 20.7 Å². The van der Waals surface area contributed by atoms with Crippen LogP contribution in [0.3, 0.4) is 0 Å². The third-order valence-corrected chi connectivity index (χ3v) is 1.06. The van der Waals surface area contributed by atoms with E-state index in [-0.39, 0.29) is 6.54 Å². The standard InChI is InChI=1S/C6H9N2O4/c1-8(6(11)12-2)5(10)7-3-4-9/h3H2,1-2H3,(H,7,10). The molecule has 67 valence electrons. The Morgan fingerprint density at radius 1 is 1.58 bits per heavy atom. The predicted molar refractivity (Wildman–Crippen MR) is 39.3 cm³/mol. The van der Waals surface area contributed by atoms with Gasteiger partial charge in [0.1, 0.15) is 0 Å². The highest BCUT2D eigenvalue weighted by Crippen LogP contribution is 1.87. The van der Waals surface area contributed by atoms with E-state index in [0.29, 0.717) is 4.90 Å². The molecule has 0 heterocycles. The summed E-state index contributed by atoms with van der Waals surface area (Å²) in [4.78, 5) is 31.9. The Balaban J connectivity index is 3.92. The molecular weight excluding hydrogens is 164 g/mol. The number of nitrogens with zero attached hydrogens (tertiary/aromatic N) is 1. The van der Waals surface area contributed by atoms with E-state index < -0.39 is 12.1 Å². The second kappa shape index (κ2) is 5.11. The van der Waals surface area contributed by atoms with Crippen LogP contribution in [0.4, 0.5) is 9.59 Å². The van der Waals surface area contributed by atoms with Gasteiger partial charge in [0.05, 0.1) is 13.7 Å². The summed E-state index contributed by atoms with van der Waals surface area (Å²) >= 11 is 0. The highest BCUT2D eigenvalue weighted by molar-refractivity contribution is 5.91. The number of imide groups is 1. The van der Waals surface area contributed by atoms with E-state index >= 15 is 0 Å². The molecule has 6 nitrogen and oxygen atoms in total. The Labute approximate surface area is 69.5 Å². The normalized spacial score (nSPS) is 8.50. The molecule has 0 rings (SSSR count). The van der Waals surface area contributed by atoms with Gasteiger partial charge in [0.2, 0.25) is 6.29 Å². The van der Waals surface area contributed by atoms with Crippen molar-refractivity contribution in [2.45, 2.75) is 0 Å². The molecule has 0 aromatic carbocycles. The Morgan fingerprint density at radius 2 is 2.17 bits per heavy atom. The summed E-state index contributed by atoms with van der Waals surface area (Å²) in [5.41, 5.74) is 0. The van der Waals surface area contributed by atoms with E-state index in [0.717, 1.165) is 7.11 Å². The van der Waals surface area contributed by atoms with E-state index in [1.165, 1.54) is 13.3 Å². The number of hydrogen-bond donors (Lipinski definition) is 1. The van der Waals surface area contributed by atoms with E-state index in [4.69, 9.17) is 0 Å². The van der Waals surface area contributed by atoms with Crippen molar-refractivity contribution in [3.63, 3.8) is 0 Å². The first-order valence-corrected chi connectivity index (χ1v) is 3.08. The number of urea groups is 1. The summed E-state index contributed by atoms with van der Waals surface area (Å²) in [5, 5.41) is 2.11. The van der Waals surface area contributed by atoms with Gasteiger partial charge in [0.15, 0.2) is 0 Å². The maximum Gasteiger partial charge on any atom is 0.417 e. The van der Waals surface area contributed by atoms with Crippen molar-refractivity contribution in [2.24, 2.45) is 0 Å². The Bertz CT molecular complexity index is 192. The van der Waals surface area contributed by atoms with Gasteiger partial charge in [-0.25, -0.2) is 14.5 Å². The molecule has 0 aromatic heterocycles. The van der Waals surface area contributed by atoms with E-state index in [9.17, 15) is 14.4 Å². The van der Waals surface area contributed by atoms with Gasteiger partial charge in [-0.1, -0.05) is 0 Å². The van der Waals surface area contributed by atoms with Gasteiger partial charge in [-0.15, -0.1) is 0 Å². The molecular formula is C6H9N2O4. The summed E-state index contributed by atoms with van der Waals surface area (Å²) in [7, 11) is 2.38. The lowest BCUT2D eigenvalue weighted by Crippen LogP contribution is -2.41. The van der Waals surface area contributed by atoms with Crippen LogP contribution >= 0.6 is 0 Å².